The summed E-state index contributed by atoms with van der Waals surface area (Å²) in [7, 11) is 1.32. The van der Waals surface area contributed by atoms with Gasteiger partial charge in [-0.05, 0) is 30.3 Å². The van der Waals surface area contributed by atoms with Gasteiger partial charge in [-0.3, -0.25) is 15.1 Å². The van der Waals surface area contributed by atoms with Crippen LogP contribution >= 0.6 is 11.6 Å². The number of hydrogen-bond acceptors (Lipinski definition) is 5. The van der Waals surface area contributed by atoms with Crippen molar-refractivity contribution in [3.63, 3.8) is 0 Å². The van der Waals surface area contributed by atoms with E-state index in [0.717, 1.165) is 0 Å². The normalized spacial score (nSPS) is 10.8. The highest BCUT2D eigenvalue weighted by atomic mass is 35.5. The van der Waals surface area contributed by atoms with E-state index in [1.807, 2.05) is 0 Å². The van der Waals surface area contributed by atoms with Gasteiger partial charge in [0.25, 0.3) is 0 Å². The molecule has 0 saturated carbocycles. The van der Waals surface area contributed by atoms with E-state index < -0.39 is 16.4 Å². The fourth-order valence-electron chi connectivity index (χ4n) is 1.66. The second-order valence-electron chi connectivity index (χ2n) is 4.08. The summed E-state index contributed by atoms with van der Waals surface area (Å²) in [6, 6.07) is 9.48. The first-order valence-electron chi connectivity index (χ1n) is 5.86. The lowest BCUT2D eigenvalue weighted by atomic mass is 10.2. The molecule has 0 bridgehead atoms. The molecule has 6 nitrogen and oxygen atoms in total. The van der Waals surface area contributed by atoms with E-state index in [9.17, 15) is 15.2 Å². The maximum atomic E-state index is 10.9. The number of methoxy groups -OCH3 is 1. The van der Waals surface area contributed by atoms with E-state index in [4.69, 9.17) is 16.3 Å². The summed E-state index contributed by atoms with van der Waals surface area (Å²) >= 11 is 5.77. The monoisotopic (exact) mass is 306 g/mol. The Kier molecular flexibility index (Phi) is 4.39. The molecular formula is C14H11ClN2O4. The SMILES string of the molecule is COc1cc(C=Nc2ccc(Cl)cc2)cc([N+](=O)[O-])c1O. The summed E-state index contributed by atoms with van der Waals surface area (Å²) < 4.78 is 4.91. The Bertz CT molecular complexity index is 699. The number of hydrogen-bond donors (Lipinski definition) is 1. The maximum absolute atomic E-state index is 10.9. The molecule has 2 aromatic rings. The third-order valence-corrected chi connectivity index (χ3v) is 2.94. The summed E-state index contributed by atoms with van der Waals surface area (Å²) in [5.74, 6) is -0.493. The van der Waals surface area contributed by atoms with E-state index in [1.54, 1.807) is 24.3 Å². The molecule has 0 radical (unpaired) electrons. The summed E-state index contributed by atoms with van der Waals surface area (Å²) in [6.07, 6.45) is 1.44. The minimum Gasteiger partial charge on any atom is -0.500 e. The van der Waals surface area contributed by atoms with Crippen molar-refractivity contribution in [3.05, 3.63) is 57.1 Å². The number of halogens is 1. The lowest BCUT2D eigenvalue weighted by Crippen LogP contribution is -1.94. The minimum absolute atomic E-state index is 0.0155. The van der Waals surface area contributed by atoms with Crippen molar-refractivity contribution < 1.29 is 14.8 Å². The summed E-state index contributed by atoms with van der Waals surface area (Å²) in [4.78, 5) is 14.4. The molecule has 0 spiro atoms. The molecule has 0 heterocycles. The molecule has 0 aromatic heterocycles. The second kappa shape index (κ2) is 6.23. The number of benzene rings is 2. The van der Waals surface area contributed by atoms with Crippen LogP contribution in [0.1, 0.15) is 5.56 Å². The quantitative estimate of drug-likeness (QED) is 0.530. The van der Waals surface area contributed by atoms with E-state index in [0.29, 0.717) is 16.3 Å². The van der Waals surface area contributed by atoms with Crippen molar-refractivity contribution in [1.82, 2.24) is 0 Å². The number of ether oxygens (including phenoxy) is 1. The molecule has 0 saturated heterocycles. The van der Waals surface area contributed by atoms with Crippen LogP contribution in [0, 0.1) is 10.1 Å². The van der Waals surface area contributed by atoms with Crippen molar-refractivity contribution in [2.75, 3.05) is 7.11 Å². The molecule has 0 unspecified atom stereocenters. The summed E-state index contributed by atoms with van der Waals surface area (Å²) in [5, 5.41) is 21.2. The predicted octanol–water partition coefficient (Wildman–Crippen LogP) is 3.71. The van der Waals surface area contributed by atoms with Gasteiger partial charge in [-0.2, -0.15) is 0 Å². The highest BCUT2D eigenvalue weighted by molar-refractivity contribution is 6.30. The number of aliphatic imine (C=N–C) groups is 1. The van der Waals surface area contributed by atoms with Crippen LogP contribution in [0.2, 0.25) is 5.02 Å². The van der Waals surface area contributed by atoms with Crippen LogP contribution < -0.4 is 4.74 Å². The minimum atomic E-state index is -0.683. The van der Waals surface area contributed by atoms with Crippen molar-refractivity contribution >= 4 is 29.2 Å². The van der Waals surface area contributed by atoms with Crippen LogP contribution in [0.5, 0.6) is 11.5 Å². The van der Waals surface area contributed by atoms with Gasteiger partial charge in [0.15, 0.2) is 5.75 Å². The smallest absolute Gasteiger partial charge is 0.315 e. The van der Waals surface area contributed by atoms with E-state index in [1.165, 1.54) is 25.5 Å². The second-order valence-corrected chi connectivity index (χ2v) is 4.52. The first kappa shape index (κ1) is 14.8. The molecular weight excluding hydrogens is 296 g/mol. The van der Waals surface area contributed by atoms with Crippen LogP contribution in [0.4, 0.5) is 11.4 Å². The van der Waals surface area contributed by atoms with Crippen LogP contribution in [0.15, 0.2) is 41.4 Å². The van der Waals surface area contributed by atoms with Crippen molar-refractivity contribution in [3.8, 4) is 11.5 Å². The van der Waals surface area contributed by atoms with Crippen LogP contribution in [-0.2, 0) is 0 Å². The third kappa shape index (κ3) is 3.49. The van der Waals surface area contributed by atoms with E-state index in [-0.39, 0.29) is 5.75 Å². The number of nitro groups is 1. The van der Waals surface area contributed by atoms with E-state index >= 15 is 0 Å². The molecule has 2 aromatic carbocycles. The maximum Gasteiger partial charge on any atom is 0.315 e. The Labute approximate surface area is 125 Å². The largest absolute Gasteiger partial charge is 0.500 e. The van der Waals surface area contributed by atoms with Gasteiger partial charge >= 0.3 is 5.69 Å². The Balaban J connectivity index is 2.37. The first-order valence-corrected chi connectivity index (χ1v) is 6.24. The van der Waals surface area contributed by atoms with Crippen LogP contribution in [-0.4, -0.2) is 23.4 Å². The van der Waals surface area contributed by atoms with Crippen LogP contribution in [0.25, 0.3) is 0 Å². The van der Waals surface area contributed by atoms with Crippen molar-refractivity contribution in [2.45, 2.75) is 0 Å². The molecule has 7 heteroatoms. The number of nitrogens with zero attached hydrogens (tertiary/aromatic N) is 2. The zero-order valence-electron chi connectivity index (χ0n) is 11.0. The fourth-order valence-corrected chi connectivity index (χ4v) is 1.79. The molecule has 21 heavy (non-hydrogen) atoms. The average molecular weight is 307 g/mol. The molecule has 0 fully saturated rings. The lowest BCUT2D eigenvalue weighted by Gasteiger charge is -2.05. The number of rotatable bonds is 4. The first-order chi connectivity index (χ1) is 10.0. The molecule has 0 amide bonds. The number of phenols is 1. The predicted molar refractivity (Wildman–Crippen MR) is 80.0 cm³/mol. The molecule has 0 aliphatic heterocycles. The van der Waals surface area contributed by atoms with Gasteiger partial charge in [-0.25, -0.2) is 0 Å². The Morgan fingerprint density at radius 1 is 1.33 bits per heavy atom. The Morgan fingerprint density at radius 3 is 2.57 bits per heavy atom. The number of nitro benzene ring substituents is 1. The summed E-state index contributed by atoms with van der Waals surface area (Å²) in [5.41, 5.74) is 0.646. The van der Waals surface area contributed by atoms with Gasteiger partial charge < -0.3 is 9.84 Å². The highest BCUT2D eigenvalue weighted by Gasteiger charge is 2.19. The standard InChI is InChI=1S/C14H11ClN2O4/c1-21-13-7-9(6-12(14(13)18)17(19)20)8-16-11-4-2-10(15)3-5-11/h2-8,18H,1H3. The lowest BCUT2D eigenvalue weighted by molar-refractivity contribution is -0.386. The topological polar surface area (TPSA) is 85.0 Å². The van der Waals surface area contributed by atoms with Gasteiger partial charge in [0.1, 0.15) is 0 Å². The molecule has 0 aliphatic rings. The molecule has 2 rings (SSSR count). The zero-order chi connectivity index (χ0) is 15.4. The molecule has 0 aliphatic carbocycles. The Morgan fingerprint density at radius 2 is 2.00 bits per heavy atom. The number of aromatic hydroxyl groups is 1. The van der Waals surface area contributed by atoms with Gasteiger partial charge in [0.2, 0.25) is 5.75 Å². The van der Waals surface area contributed by atoms with Crippen molar-refractivity contribution in [2.24, 2.45) is 4.99 Å². The number of phenolic OH excluding ortho intramolecular Hbond substituents is 1. The highest BCUT2D eigenvalue weighted by Crippen LogP contribution is 2.36. The summed E-state index contributed by atoms with van der Waals surface area (Å²) in [6.45, 7) is 0. The molecule has 1 N–H and O–H groups in total. The third-order valence-electron chi connectivity index (χ3n) is 2.68. The van der Waals surface area contributed by atoms with Gasteiger partial charge in [0, 0.05) is 22.9 Å². The zero-order valence-corrected chi connectivity index (χ0v) is 11.7. The fraction of sp³-hybridized carbons (Fsp3) is 0.0714. The van der Waals surface area contributed by atoms with Gasteiger partial charge in [-0.15, -0.1) is 0 Å². The average Bonchev–Trinajstić information content (AvgIpc) is 2.47. The van der Waals surface area contributed by atoms with Gasteiger partial charge in [-0.1, -0.05) is 11.6 Å². The van der Waals surface area contributed by atoms with Gasteiger partial charge in [0.05, 0.1) is 17.7 Å². The Hall–Kier alpha value is -2.60. The van der Waals surface area contributed by atoms with Crippen LogP contribution in [0.3, 0.4) is 0 Å². The molecule has 108 valence electrons. The van der Waals surface area contributed by atoms with Crippen molar-refractivity contribution in [1.29, 1.82) is 0 Å². The van der Waals surface area contributed by atoms with E-state index in [2.05, 4.69) is 4.99 Å². The molecule has 0 atom stereocenters.